The van der Waals surface area contributed by atoms with Crippen LogP contribution in [0.5, 0.6) is 11.5 Å². The first-order valence-corrected chi connectivity index (χ1v) is 10.9. The maximum absolute atomic E-state index is 14.6. The predicted molar refractivity (Wildman–Crippen MR) is 125 cm³/mol. The molecule has 8 nitrogen and oxygen atoms in total. The molecule has 34 heavy (non-hydrogen) atoms. The molecule has 0 fully saturated rings. The molecular formula is C25H27FN4O4. The Morgan fingerprint density at radius 1 is 1.18 bits per heavy atom. The van der Waals surface area contributed by atoms with E-state index in [0.29, 0.717) is 34.8 Å². The molecule has 2 amide bonds. The fourth-order valence-electron chi connectivity index (χ4n) is 4.51. The molecule has 2 atom stereocenters. The number of hydrogen-bond donors (Lipinski definition) is 2. The van der Waals surface area contributed by atoms with Crippen molar-refractivity contribution in [2.45, 2.75) is 32.2 Å². The summed E-state index contributed by atoms with van der Waals surface area (Å²) < 4.78 is 26.6. The molecule has 2 aromatic carbocycles. The number of halogens is 1. The van der Waals surface area contributed by atoms with Crippen LogP contribution in [0.4, 0.5) is 10.2 Å². The van der Waals surface area contributed by atoms with Crippen molar-refractivity contribution in [3.05, 3.63) is 70.2 Å². The highest BCUT2D eigenvalue weighted by Crippen LogP contribution is 2.40. The number of amides is 2. The number of benzene rings is 2. The van der Waals surface area contributed by atoms with Crippen molar-refractivity contribution < 1.29 is 23.5 Å². The van der Waals surface area contributed by atoms with Gasteiger partial charge in [0.2, 0.25) is 5.91 Å². The van der Waals surface area contributed by atoms with E-state index in [1.165, 1.54) is 19.2 Å². The van der Waals surface area contributed by atoms with Gasteiger partial charge < -0.3 is 20.1 Å². The number of aromatic nitrogens is 2. The van der Waals surface area contributed by atoms with E-state index in [2.05, 4.69) is 15.7 Å². The first-order valence-electron chi connectivity index (χ1n) is 10.9. The van der Waals surface area contributed by atoms with Gasteiger partial charge in [0.25, 0.3) is 5.91 Å². The molecule has 0 radical (unpaired) electrons. The molecule has 0 unspecified atom stereocenters. The average molecular weight is 467 g/mol. The highest BCUT2D eigenvalue weighted by molar-refractivity contribution is 6.04. The largest absolute Gasteiger partial charge is 0.496 e. The molecule has 1 aliphatic rings. The topological polar surface area (TPSA) is 94.5 Å². The van der Waals surface area contributed by atoms with Crippen molar-refractivity contribution in [3.63, 3.8) is 0 Å². The zero-order valence-corrected chi connectivity index (χ0v) is 19.7. The Labute approximate surface area is 197 Å². The summed E-state index contributed by atoms with van der Waals surface area (Å²) in [5, 5.41) is 10.1. The van der Waals surface area contributed by atoms with Crippen LogP contribution in [0.25, 0.3) is 0 Å². The van der Waals surface area contributed by atoms with E-state index in [1.54, 1.807) is 43.1 Å². The van der Waals surface area contributed by atoms with Crippen LogP contribution in [0.15, 0.2) is 36.4 Å². The Morgan fingerprint density at radius 2 is 1.88 bits per heavy atom. The van der Waals surface area contributed by atoms with Crippen LogP contribution < -0.4 is 20.1 Å². The van der Waals surface area contributed by atoms with Crippen LogP contribution in [0, 0.1) is 12.7 Å². The zero-order chi connectivity index (χ0) is 24.6. The molecule has 4 rings (SSSR count). The van der Waals surface area contributed by atoms with Crippen molar-refractivity contribution in [1.82, 2.24) is 15.1 Å². The van der Waals surface area contributed by atoms with E-state index in [4.69, 9.17) is 9.47 Å². The second kappa shape index (κ2) is 9.17. The number of methoxy groups -OCH3 is 2. The number of carbonyl (C=O) groups is 2. The number of carbonyl (C=O) groups excluding carboxylic acids is 2. The summed E-state index contributed by atoms with van der Waals surface area (Å²) in [7, 11) is 4.69. The molecule has 0 spiro atoms. The lowest BCUT2D eigenvalue weighted by Gasteiger charge is -2.32. The maximum Gasteiger partial charge on any atom is 0.251 e. The monoisotopic (exact) mass is 466 g/mol. The molecule has 178 valence electrons. The number of nitrogens with one attached hydrogen (secondary N) is 2. The Hall–Kier alpha value is -3.88. The van der Waals surface area contributed by atoms with Crippen LogP contribution in [0.3, 0.4) is 0 Å². The van der Waals surface area contributed by atoms with Crippen molar-refractivity contribution in [2.75, 3.05) is 19.5 Å². The maximum atomic E-state index is 14.6. The smallest absolute Gasteiger partial charge is 0.251 e. The predicted octanol–water partition coefficient (Wildman–Crippen LogP) is 3.33. The average Bonchev–Trinajstić information content (AvgIpc) is 3.11. The van der Waals surface area contributed by atoms with E-state index >= 15 is 0 Å². The summed E-state index contributed by atoms with van der Waals surface area (Å²) in [6.07, 6.45) is 0.681. The lowest BCUT2D eigenvalue weighted by molar-refractivity contribution is -0.118. The van der Waals surface area contributed by atoms with Gasteiger partial charge in [0, 0.05) is 24.1 Å². The Bertz CT molecular complexity index is 1270. The van der Waals surface area contributed by atoms with Crippen molar-refractivity contribution in [1.29, 1.82) is 0 Å². The third kappa shape index (κ3) is 3.98. The molecule has 0 saturated carbocycles. The molecule has 9 heteroatoms. The summed E-state index contributed by atoms with van der Waals surface area (Å²) in [6.45, 7) is 3.79. The van der Waals surface area contributed by atoms with Crippen LogP contribution >= 0.6 is 0 Å². The van der Waals surface area contributed by atoms with Gasteiger partial charge in [-0.15, -0.1) is 0 Å². The third-order valence-electron chi connectivity index (χ3n) is 6.18. The summed E-state index contributed by atoms with van der Waals surface area (Å²) in [5.41, 5.74) is 3.21. The number of hydrogen-bond acceptors (Lipinski definition) is 5. The number of nitrogens with zero attached hydrogens (tertiary/aromatic N) is 2. The van der Waals surface area contributed by atoms with Crippen LogP contribution in [-0.4, -0.2) is 41.9 Å². The molecule has 0 bridgehead atoms. The first-order chi connectivity index (χ1) is 16.3. The summed E-state index contributed by atoms with van der Waals surface area (Å²) >= 11 is 0. The second-order valence-electron chi connectivity index (χ2n) is 8.16. The quantitative estimate of drug-likeness (QED) is 0.581. The normalized spacial score (nSPS) is 17.1. The van der Waals surface area contributed by atoms with E-state index in [-0.39, 0.29) is 5.75 Å². The molecule has 2 N–H and O–H groups in total. The first kappa shape index (κ1) is 23.3. The van der Waals surface area contributed by atoms with Gasteiger partial charge in [-0.3, -0.25) is 14.3 Å². The van der Waals surface area contributed by atoms with E-state index in [9.17, 15) is 14.0 Å². The minimum atomic E-state index is -0.983. The summed E-state index contributed by atoms with van der Waals surface area (Å²) in [4.78, 5) is 26.4. The number of fused-ring (bicyclic) bond motifs is 1. The highest BCUT2D eigenvalue weighted by Gasteiger charge is 2.41. The Balaban J connectivity index is 1.77. The number of rotatable bonds is 6. The van der Waals surface area contributed by atoms with Gasteiger partial charge in [0.05, 0.1) is 19.9 Å². The molecule has 3 aromatic rings. The third-order valence-corrected chi connectivity index (χ3v) is 6.18. The molecule has 0 saturated heterocycles. The van der Waals surface area contributed by atoms with Gasteiger partial charge >= 0.3 is 0 Å². The Morgan fingerprint density at radius 3 is 2.53 bits per heavy atom. The van der Waals surface area contributed by atoms with Gasteiger partial charge in [0.15, 0.2) is 11.6 Å². The van der Waals surface area contributed by atoms with Crippen LogP contribution in [0.1, 0.15) is 45.6 Å². The molecular weight excluding hydrogens is 439 g/mol. The molecule has 0 aliphatic carbocycles. The zero-order valence-electron chi connectivity index (χ0n) is 19.7. The fraction of sp³-hybridized carbons (Fsp3) is 0.320. The Kier molecular flexibility index (Phi) is 6.28. The summed E-state index contributed by atoms with van der Waals surface area (Å²) in [5.74, 6) is -0.718. The van der Waals surface area contributed by atoms with Crippen molar-refractivity contribution >= 4 is 17.6 Å². The van der Waals surface area contributed by atoms with Crippen molar-refractivity contribution in [3.8, 4) is 11.5 Å². The number of anilines is 1. The second-order valence-corrected chi connectivity index (χ2v) is 8.16. The molecule has 1 aliphatic heterocycles. The van der Waals surface area contributed by atoms with Gasteiger partial charge in [-0.2, -0.15) is 5.10 Å². The number of ether oxygens (including phenoxy) is 2. The minimum Gasteiger partial charge on any atom is -0.496 e. The van der Waals surface area contributed by atoms with Crippen molar-refractivity contribution in [2.24, 2.45) is 7.05 Å². The van der Waals surface area contributed by atoms with Crippen LogP contribution in [-0.2, 0) is 18.3 Å². The molecule has 1 aromatic heterocycles. The van der Waals surface area contributed by atoms with Gasteiger partial charge in [-0.05, 0) is 54.8 Å². The van der Waals surface area contributed by atoms with Gasteiger partial charge in [-0.25, -0.2) is 4.39 Å². The molecule has 2 heterocycles. The minimum absolute atomic E-state index is 0.0954. The van der Waals surface area contributed by atoms with Gasteiger partial charge in [-0.1, -0.05) is 13.0 Å². The number of aryl methyl sites for hydroxylation is 3. The SMILES string of the molecule is CCc1cc(C(=O)N[C@@H]2C(=O)Nc3c(c(C)nn3C)[C@H]2c2ccc(OC)c(F)c2)ccc1OC. The van der Waals surface area contributed by atoms with Crippen LogP contribution in [0.2, 0.25) is 0 Å². The van der Waals surface area contributed by atoms with E-state index < -0.39 is 29.6 Å². The standard InChI is InChI=1S/C25H27FN4O4/c1-6-14-11-16(8-9-18(14)33-4)24(31)27-22-21(15-7-10-19(34-5)17(26)12-15)20-13(2)29-30(3)23(20)28-25(22)32/h7-12,21-22H,6H2,1-5H3,(H,27,31)(H,28,32)/t21-,22+/m1/s1. The lowest BCUT2D eigenvalue weighted by atomic mass is 9.81. The van der Waals surface area contributed by atoms with E-state index in [0.717, 1.165) is 11.1 Å². The lowest BCUT2D eigenvalue weighted by Crippen LogP contribution is -2.50. The highest BCUT2D eigenvalue weighted by atomic mass is 19.1. The van der Waals surface area contributed by atoms with Gasteiger partial charge in [0.1, 0.15) is 17.6 Å². The summed E-state index contributed by atoms with van der Waals surface area (Å²) in [6, 6.07) is 8.69. The van der Waals surface area contributed by atoms with E-state index in [1.807, 2.05) is 13.8 Å². The fourth-order valence-corrected chi connectivity index (χ4v) is 4.51.